The lowest BCUT2D eigenvalue weighted by Gasteiger charge is -2.10. The highest BCUT2D eigenvalue weighted by Crippen LogP contribution is 2.40. The Morgan fingerprint density at radius 2 is 1.37 bits per heavy atom. The molecule has 27 heavy (non-hydrogen) atoms. The molecule has 3 heteroatoms. The lowest BCUT2D eigenvalue weighted by molar-refractivity contribution is 0.0975. The van der Waals surface area contributed by atoms with Crippen LogP contribution in [-0.2, 0) is 0 Å². The molecule has 0 atom stereocenters. The Labute approximate surface area is 158 Å². The smallest absolute Gasteiger partial charge is 0.257 e. The molecule has 0 aliphatic carbocycles. The first-order chi connectivity index (χ1) is 13.2. The van der Waals surface area contributed by atoms with Gasteiger partial charge < -0.3 is 5.73 Å². The topological polar surface area (TPSA) is 48.0 Å². The maximum atomic E-state index is 13.1. The van der Waals surface area contributed by atoms with Crippen LogP contribution in [0.1, 0.15) is 11.7 Å². The molecule has 0 bridgehead atoms. The summed E-state index contributed by atoms with van der Waals surface area (Å²) in [6.45, 7) is 1.73. The normalized spacial score (nSPS) is 11.7. The third-order valence-corrected chi connectivity index (χ3v) is 4.56. The van der Waals surface area contributed by atoms with Crippen molar-refractivity contribution in [2.75, 3.05) is 0 Å². The number of carbonyl (C=O) groups is 1. The molecular weight excluding hydrogens is 332 g/mol. The van der Waals surface area contributed by atoms with Crippen molar-refractivity contribution in [3.8, 4) is 22.4 Å². The number of nitrogens with zero attached hydrogens (tertiary/aromatic N) is 1. The van der Waals surface area contributed by atoms with Gasteiger partial charge in [0.25, 0.3) is 5.91 Å². The average molecular weight is 352 g/mol. The van der Waals surface area contributed by atoms with Crippen molar-refractivity contribution in [3.05, 3.63) is 96.7 Å². The Morgan fingerprint density at radius 1 is 0.815 bits per heavy atom. The second-order valence-electron chi connectivity index (χ2n) is 6.53. The van der Waals surface area contributed by atoms with Gasteiger partial charge in [-0.3, -0.25) is 9.36 Å². The van der Waals surface area contributed by atoms with E-state index in [2.05, 4.69) is 18.2 Å². The summed E-state index contributed by atoms with van der Waals surface area (Å²) >= 11 is 0. The Bertz CT molecular complexity index is 1140. The summed E-state index contributed by atoms with van der Waals surface area (Å²) in [5.41, 5.74) is 11.2. The molecule has 0 fully saturated rings. The number of aromatic nitrogens is 1. The largest absolute Gasteiger partial charge is 0.402 e. The summed E-state index contributed by atoms with van der Waals surface area (Å²) in [7, 11) is 0. The number of nitrogens with two attached hydrogens (primary N) is 1. The zero-order valence-electron chi connectivity index (χ0n) is 15.1. The second kappa shape index (κ2) is 6.96. The average Bonchev–Trinajstić information content (AvgIpc) is 3.04. The summed E-state index contributed by atoms with van der Waals surface area (Å²) in [5, 5.41) is 1.04. The van der Waals surface area contributed by atoms with Crippen LogP contribution in [0.25, 0.3) is 33.3 Å². The third kappa shape index (κ3) is 3.04. The summed E-state index contributed by atoms with van der Waals surface area (Å²) in [4.78, 5) is 13.1. The van der Waals surface area contributed by atoms with Crippen LogP contribution >= 0.6 is 0 Å². The van der Waals surface area contributed by atoms with Gasteiger partial charge in [0.1, 0.15) is 0 Å². The number of hydrogen-bond donors (Lipinski definition) is 1. The summed E-state index contributed by atoms with van der Waals surface area (Å²) in [5.74, 6) is -0.146. The molecule has 4 rings (SSSR count). The first kappa shape index (κ1) is 16.9. The molecule has 3 nitrogen and oxygen atoms in total. The van der Waals surface area contributed by atoms with Crippen molar-refractivity contribution >= 4 is 16.8 Å². The Balaban J connectivity index is 2.16. The van der Waals surface area contributed by atoms with Crippen molar-refractivity contribution in [1.82, 2.24) is 4.57 Å². The van der Waals surface area contributed by atoms with E-state index in [1.165, 1.54) is 6.08 Å². The fourth-order valence-electron chi connectivity index (χ4n) is 3.49. The van der Waals surface area contributed by atoms with Gasteiger partial charge in [0.15, 0.2) is 0 Å². The van der Waals surface area contributed by atoms with Crippen LogP contribution in [0.3, 0.4) is 0 Å². The van der Waals surface area contributed by atoms with Crippen LogP contribution in [0.4, 0.5) is 0 Å². The molecule has 0 spiro atoms. The minimum absolute atomic E-state index is 0.146. The van der Waals surface area contributed by atoms with E-state index in [1.54, 1.807) is 11.5 Å². The maximum absolute atomic E-state index is 13.1. The molecule has 4 aromatic rings. The quantitative estimate of drug-likeness (QED) is 0.496. The van der Waals surface area contributed by atoms with E-state index in [0.717, 1.165) is 33.3 Å². The highest BCUT2D eigenvalue weighted by Gasteiger charge is 2.22. The summed E-state index contributed by atoms with van der Waals surface area (Å²) in [6, 6.07) is 28.2. The van der Waals surface area contributed by atoms with Crippen molar-refractivity contribution < 1.29 is 4.79 Å². The fourth-order valence-corrected chi connectivity index (χ4v) is 3.49. The zero-order valence-corrected chi connectivity index (χ0v) is 15.1. The number of carbonyl (C=O) groups excluding carboxylic acids is 1. The van der Waals surface area contributed by atoms with Crippen molar-refractivity contribution in [2.24, 2.45) is 5.73 Å². The molecule has 0 saturated carbocycles. The van der Waals surface area contributed by atoms with Gasteiger partial charge in [-0.25, -0.2) is 0 Å². The number of rotatable bonds is 3. The SMILES string of the molecule is C/C(N)=C/C(=O)n1c(-c2ccccc2)c(-c2ccccc2)c2ccccc21. The molecule has 0 aliphatic heterocycles. The van der Waals surface area contributed by atoms with Crippen LogP contribution < -0.4 is 5.73 Å². The van der Waals surface area contributed by atoms with Gasteiger partial charge in [0, 0.05) is 22.7 Å². The molecule has 0 aliphatic rings. The minimum Gasteiger partial charge on any atom is -0.402 e. The number of hydrogen-bond acceptors (Lipinski definition) is 2. The molecular formula is C24H20N2O. The fraction of sp³-hybridized carbons (Fsp3) is 0.0417. The van der Waals surface area contributed by atoms with E-state index in [4.69, 9.17) is 5.73 Å². The Morgan fingerprint density at radius 3 is 2.00 bits per heavy atom. The first-order valence-electron chi connectivity index (χ1n) is 8.89. The van der Waals surface area contributed by atoms with Gasteiger partial charge >= 0.3 is 0 Å². The highest BCUT2D eigenvalue weighted by atomic mass is 16.1. The molecule has 0 amide bonds. The van der Waals surface area contributed by atoms with Crippen molar-refractivity contribution in [2.45, 2.75) is 6.92 Å². The number of para-hydroxylation sites is 1. The molecule has 1 heterocycles. The predicted octanol–water partition coefficient (Wildman–Crippen LogP) is 5.48. The summed E-state index contributed by atoms with van der Waals surface area (Å²) < 4.78 is 1.77. The first-order valence-corrected chi connectivity index (χ1v) is 8.89. The van der Waals surface area contributed by atoms with Crippen molar-refractivity contribution in [3.63, 3.8) is 0 Å². The molecule has 1 aromatic heterocycles. The predicted molar refractivity (Wildman–Crippen MR) is 111 cm³/mol. The zero-order chi connectivity index (χ0) is 18.8. The van der Waals surface area contributed by atoms with Crippen molar-refractivity contribution in [1.29, 1.82) is 0 Å². The van der Waals surface area contributed by atoms with Gasteiger partial charge in [-0.2, -0.15) is 0 Å². The van der Waals surface area contributed by atoms with E-state index in [1.807, 2.05) is 66.7 Å². The Kier molecular flexibility index (Phi) is 4.35. The molecule has 132 valence electrons. The van der Waals surface area contributed by atoms with E-state index in [0.29, 0.717) is 5.70 Å². The van der Waals surface area contributed by atoms with E-state index in [9.17, 15) is 4.79 Å². The highest BCUT2D eigenvalue weighted by molar-refractivity contribution is 6.11. The lowest BCUT2D eigenvalue weighted by Crippen LogP contribution is -2.11. The monoisotopic (exact) mass is 352 g/mol. The molecule has 3 aromatic carbocycles. The van der Waals surface area contributed by atoms with Crippen LogP contribution in [-0.4, -0.2) is 10.5 Å². The van der Waals surface area contributed by atoms with Crippen LogP contribution in [0.15, 0.2) is 96.7 Å². The standard InChI is InChI=1S/C24H20N2O/c1-17(25)16-22(27)26-21-15-9-8-14-20(21)23(18-10-4-2-5-11-18)24(26)19-12-6-3-7-13-19/h2-16H,25H2,1H3/b17-16-. The molecule has 0 radical (unpaired) electrons. The number of benzene rings is 3. The van der Waals surface area contributed by atoms with Crippen LogP contribution in [0, 0.1) is 0 Å². The van der Waals surface area contributed by atoms with Gasteiger partial charge in [-0.05, 0) is 24.1 Å². The van der Waals surface area contributed by atoms with Gasteiger partial charge in [-0.1, -0.05) is 78.9 Å². The van der Waals surface area contributed by atoms with Gasteiger partial charge in [-0.15, -0.1) is 0 Å². The third-order valence-electron chi connectivity index (χ3n) is 4.56. The minimum atomic E-state index is -0.146. The van der Waals surface area contributed by atoms with Gasteiger partial charge in [0.05, 0.1) is 11.2 Å². The van der Waals surface area contributed by atoms with Gasteiger partial charge in [0.2, 0.25) is 0 Å². The lowest BCUT2D eigenvalue weighted by atomic mass is 9.98. The molecule has 0 saturated heterocycles. The van der Waals surface area contributed by atoms with Crippen LogP contribution in [0.5, 0.6) is 0 Å². The van der Waals surface area contributed by atoms with E-state index in [-0.39, 0.29) is 5.91 Å². The van der Waals surface area contributed by atoms with E-state index < -0.39 is 0 Å². The maximum Gasteiger partial charge on any atom is 0.257 e. The van der Waals surface area contributed by atoms with E-state index >= 15 is 0 Å². The molecule has 2 N–H and O–H groups in total. The number of fused-ring (bicyclic) bond motifs is 1. The molecule has 0 unspecified atom stereocenters. The summed E-state index contributed by atoms with van der Waals surface area (Å²) in [6.07, 6.45) is 1.48. The number of allylic oxidation sites excluding steroid dienone is 2. The second-order valence-corrected chi connectivity index (χ2v) is 6.53. The Hall–Kier alpha value is -3.59. The van der Waals surface area contributed by atoms with Crippen LogP contribution in [0.2, 0.25) is 0 Å².